The number of hydrogen-bond acceptors (Lipinski definition) is 3. The van der Waals surface area contributed by atoms with Crippen LogP contribution >= 0.6 is 0 Å². The van der Waals surface area contributed by atoms with E-state index in [1.54, 1.807) is 0 Å². The molecule has 0 saturated heterocycles. The predicted molar refractivity (Wildman–Crippen MR) is 125 cm³/mol. The molecule has 2 aromatic heterocycles. The maximum absolute atomic E-state index is 5.21. The van der Waals surface area contributed by atoms with E-state index in [1.807, 2.05) is 0 Å². The molecule has 0 radical (unpaired) electrons. The van der Waals surface area contributed by atoms with Crippen LogP contribution in [-0.4, -0.2) is 21.3 Å². The van der Waals surface area contributed by atoms with Gasteiger partial charge in [0.15, 0.2) is 0 Å². The average Bonchev–Trinajstić information content (AvgIpc) is 3.05. The lowest BCUT2D eigenvalue weighted by Crippen LogP contribution is -2.32. The second-order valence-electron chi connectivity index (χ2n) is 8.41. The summed E-state index contributed by atoms with van der Waals surface area (Å²) in [6, 6.07) is 9.00. The van der Waals surface area contributed by atoms with E-state index in [0.717, 1.165) is 50.3 Å². The van der Waals surface area contributed by atoms with Crippen molar-refractivity contribution in [2.75, 3.05) is 11.4 Å². The zero-order chi connectivity index (χ0) is 21.4. The minimum Gasteiger partial charge on any atom is -0.364 e. The molecule has 3 heterocycles. The van der Waals surface area contributed by atoms with Gasteiger partial charge in [0, 0.05) is 37.3 Å². The fraction of sp³-hybridized carbons (Fsp3) is 0.462. The van der Waals surface area contributed by atoms with Gasteiger partial charge in [-0.15, -0.1) is 0 Å². The summed E-state index contributed by atoms with van der Waals surface area (Å²) in [7, 11) is 0. The largest absolute Gasteiger partial charge is 0.364 e. The van der Waals surface area contributed by atoms with Crippen molar-refractivity contribution in [1.82, 2.24) is 14.8 Å². The molecule has 0 fully saturated rings. The maximum atomic E-state index is 5.21. The van der Waals surface area contributed by atoms with E-state index in [-0.39, 0.29) is 0 Å². The number of aryl methyl sites for hydroxylation is 5. The molecule has 0 aliphatic carbocycles. The molecular weight excluding hydrogens is 368 g/mol. The summed E-state index contributed by atoms with van der Waals surface area (Å²) in [4.78, 5) is 7.71. The van der Waals surface area contributed by atoms with E-state index in [0.29, 0.717) is 0 Å². The van der Waals surface area contributed by atoms with Crippen LogP contribution < -0.4 is 4.90 Å². The molecule has 0 bridgehead atoms. The highest BCUT2D eigenvalue weighted by Gasteiger charge is 2.25. The topological polar surface area (TPSA) is 34.0 Å². The van der Waals surface area contributed by atoms with Crippen LogP contribution in [0.15, 0.2) is 24.3 Å². The molecule has 1 aliphatic rings. The van der Waals surface area contributed by atoms with Crippen LogP contribution in [0, 0.1) is 20.8 Å². The SMILES string of the molecule is CCc1cccc(CC)c1-c1cc(C)c2c(n1)CCN(c1c(C)nn(CC)c1C)C2. The van der Waals surface area contributed by atoms with Gasteiger partial charge in [-0.2, -0.15) is 5.10 Å². The molecule has 0 amide bonds. The van der Waals surface area contributed by atoms with Gasteiger partial charge in [0.05, 0.1) is 22.8 Å². The van der Waals surface area contributed by atoms with Gasteiger partial charge < -0.3 is 4.90 Å². The van der Waals surface area contributed by atoms with Crippen LogP contribution in [0.1, 0.15) is 60.1 Å². The predicted octanol–water partition coefficient (Wildman–Crippen LogP) is 5.58. The van der Waals surface area contributed by atoms with E-state index in [9.17, 15) is 0 Å². The minimum atomic E-state index is 0.914. The number of benzene rings is 1. The Kier molecular flexibility index (Phi) is 5.68. The standard InChI is InChI=1S/C26H34N4/c1-7-20-11-10-12-21(8-2)25(20)24-15-17(4)22-16-29(14-13-23(22)27-24)26-18(5)28-30(9-3)19(26)6/h10-12,15H,7-9,13-14,16H2,1-6H3. The minimum absolute atomic E-state index is 0.914. The van der Waals surface area contributed by atoms with Crippen LogP contribution in [0.5, 0.6) is 0 Å². The Morgan fingerprint density at radius 3 is 2.30 bits per heavy atom. The molecule has 1 aliphatic heterocycles. The van der Waals surface area contributed by atoms with E-state index in [4.69, 9.17) is 10.1 Å². The first kappa shape index (κ1) is 20.6. The second-order valence-corrected chi connectivity index (χ2v) is 8.41. The molecule has 0 atom stereocenters. The van der Waals surface area contributed by atoms with Crippen molar-refractivity contribution >= 4 is 5.69 Å². The number of rotatable bonds is 5. The van der Waals surface area contributed by atoms with Crippen molar-refractivity contribution in [1.29, 1.82) is 0 Å². The Hall–Kier alpha value is -2.62. The average molecular weight is 403 g/mol. The van der Waals surface area contributed by atoms with Gasteiger partial charge in [-0.1, -0.05) is 32.0 Å². The third kappa shape index (κ3) is 3.42. The van der Waals surface area contributed by atoms with E-state index < -0.39 is 0 Å². The van der Waals surface area contributed by atoms with Crippen molar-refractivity contribution in [3.63, 3.8) is 0 Å². The van der Waals surface area contributed by atoms with E-state index in [2.05, 4.69) is 75.4 Å². The summed E-state index contributed by atoms with van der Waals surface area (Å²) in [5, 5.41) is 4.73. The molecular formula is C26H34N4. The van der Waals surface area contributed by atoms with Crippen molar-refractivity contribution in [3.05, 3.63) is 63.6 Å². The summed E-state index contributed by atoms with van der Waals surface area (Å²) in [5.74, 6) is 0. The summed E-state index contributed by atoms with van der Waals surface area (Å²) in [5.41, 5.74) is 13.0. The van der Waals surface area contributed by atoms with Crippen LogP contribution in [0.3, 0.4) is 0 Å². The van der Waals surface area contributed by atoms with Crippen LogP contribution in [-0.2, 0) is 32.4 Å². The number of fused-ring (bicyclic) bond motifs is 1. The zero-order valence-corrected chi connectivity index (χ0v) is 19.3. The van der Waals surface area contributed by atoms with Crippen molar-refractivity contribution in [2.45, 2.75) is 73.9 Å². The number of aromatic nitrogens is 3. The first-order valence-corrected chi connectivity index (χ1v) is 11.4. The van der Waals surface area contributed by atoms with Crippen LogP contribution in [0.2, 0.25) is 0 Å². The molecule has 0 spiro atoms. The Balaban J connectivity index is 1.74. The lowest BCUT2D eigenvalue weighted by molar-refractivity contribution is 0.633. The maximum Gasteiger partial charge on any atom is 0.0830 e. The summed E-state index contributed by atoms with van der Waals surface area (Å²) in [6.07, 6.45) is 3.05. The molecule has 1 aromatic carbocycles. The van der Waals surface area contributed by atoms with E-state index in [1.165, 1.54) is 44.9 Å². The van der Waals surface area contributed by atoms with Crippen molar-refractivity contribution in [3.8, 4) is 11.3 Å². The summed E-state index contributed by atoms with van der Waals surface area (Å²) in [6.45, 7) is 16.0. The van der Waals surface area contributed by atoms with Gasteiger partial charge in [0.1, 0.15) is 0 Å². The summed E-state index contributed by atoms with van der Waals surface area (Å²) < 4.78 is 2.11. The van der Waals surface area contributed by atoms with Gasteiger partial charge >= 0.3 is 0 Å². The van der Waals surface area contributed by atoms with E-state index >= 15 is 0 Å². The highest BCUT2D eigenvalue weighted by molar-refractivity contribution is 5.70. The summed E-state index contributed by atoms with van der Waals surface area (Å²) >= 11 is 0. The number of nitrogens with zero attached hydrogens (tertiary/aromatic N) is 4. The molecule has 0 N–H and O–H groups in total. The zero-order valence-electron chi connectivity index (χ0n) is 19.3. The van der Waals surface area contributed by atoms with Gasteiger partial charge in [-0.3, -0.25) is 9.67 Å². The van der Waals surface area contributed by atoms with Gasteiger partial charge in [0.2, 0.25) is 0 Å². The van der Waals surface area contributed by atoms with Gasteiger partial charge in [-0.05, 0) is 68.9 Å². The number of pyridine rings is 1. The van der Waals surface area contributed by atoms with Crippen molar-refractivity contribution < 1.29 is 0 Å². The monoisotopic (exact) mass is 402 g/mol. The second kappa shape index (κ2) is 8.25. The fourth-order valence-corrected chi connectivity index (χ4v) is 5.04. The number of hydrogen-bond donors (Lipinski definition) is 0. The third-order valence-corrected chi connectivity index (χ3v) is 6.61. The van der Waals surface area contributed by atoms with Gasteiger partial charge in [-0.25, -0.2) is 0 Å². The lowest BCUT2D eigenvalue weighted by atomic mass is 9.92. The Morgan fingerprint density at radius 2 is 1.70 bits per heavy atom. The molecule has 30 heavy (non-hydrogen) atoms. The fourth-order valence-electron chi connectivity index (χ4n) is 5.04. The molecule has 0 saturated carbocycles. The smallest absolute Gasteiger partial charge is 0.0830 e. The Labute approximate surface area is 181 Å². The highest BCUT2D eigenvalue weighted by Crippen LogP contribution is 2.34. The number of anilines is 1. The first-order valence-electron chi connectivity index (χ1n) is 11.4. The molecule has 3 aromatic rings. The first-order chi connectivity index (χ1) is 14.5. The molecule has 158 valence electrons. The molecule has 0 unspecified atom stereocenters. The van der Waals surface area contributed by atoms with Crippen molar-refractivity contribution in [2.24, 2.45) is 0 Å². The van der Waals surface area contributed by atoms with Crippen LogP contribution in [0.4, 0.5) is 5.69 Å². The third-order valence-electron chi connectivity index (χ3n) is 6.61. The Morgan fingerprint density at radius 1 is 1.00 bits per heavy atom. The highest BCUT2D eigenvalue weighted by atomic mass is 15.3. The molecule has 4 rings (SSSR count). The lowest BCUT2D eigenvalue weighted by Gasteiger charge is -2.32. The quantitative estimate of drug-likeness (QED) is 0.559. The van der Waals surface area contributed by atoms with Crippen LogP contribution in [0.25, 0.3) is 11.3 Å². The Bertz CT molecular complexity index is 1050. The molecule has 4 heteroatoms. The normalized spacial score (nSPS) is 13.6. The molecule has 4 nitrogen and oxygen atoms in total. The van der Waals surface area contributed by atoms with Gasteiger partial charge in [0.25, 0.3) is 0 Å².